The normalized spacial score (nSPS) is 32.8. The molecule has 0 radical (unpaired) electrons. The van der Waals surface area contributed by atoms with Crippen LogP contribution in [-0.4, -0.2) is 18.6 Å². The van der Waals surface area contributed by atoms with Crippen molar-refractivity contribution >= 4 is 0 Å². The fourth-order valence-electron chi connectivity index (χ4n) is 2.50. The first-order chi connectivity index (χ1) is 6.58. The van der Waals surface area contributed by atoms with Gasteiger partial charge in [0.1, 0.15) is 0 Å². The number of rotatable bonds is 5. The molecule has 0 aromatic carbocycles. The summed E-state index contributed by atoms with van der Waals surface area (Å²) >= 11 is 0. The van der Waals surface area contributed by atoms with Gasteiger partial charge in [-0.25, -0.2) is 0 Å². The molecule has 2 fully saturated rings. The summed E-state index contributed by atoms with van der Waals surface area (Å²) in [6, 6.07) is 1.20. The standard InChI is InChI=1S/C12H24N2/c1-12(2,9-3-4-9)5-6-14-11-7-10(13)8-11/h9-11,14H,3-8,13H2,1-2H3. The largest absolute Gasteiger partial charge is 0.328 e. The molecular weight excluding hydrogens is 172 g/mol. The Kier molecular flexibility index (Phi) is 2.85. The first-order valence-corrected chi connectivity index (χ1v) is 6.07. The summed E-state index contributed by atoms with van der Waals surface area (Å²) in [5, 5.41) is 3.61. The first-order valence-electron chi connectivity index (χ1n) is 6.07. The van der Waals surface area contributed by atoms with Crippen LogP contribution in [0.4, 0.5) is 0 Å². The van der Waals surface area contributed by atoms with E-state index in [-0.39, 0.29) is 0 Å². The highest BCUT2D eigenvalue weighted by atomic mass is 14.9. The van der Waals surface area contributed by atoms with E-state index in [1.54, 1.807) is 0 Å². The average Bonchev–Trinajstić information content (AvgIpc) is 2.82. The van der Waals surface area contributed by atoms with E-state index < -0.39 is 0 Å². The van der Waals surface area contributed by atoms with Gasteiger partial charge in [-0.2, -0.15) is 0 Å². The van der Waals surface area contributed by atoms with E-state index in [1.165, 1.54) is 38.6 Å². The lowest BCUT2D eigenvalue weighted by atomic mass is 9.83. The van der Waals surface area contributed by atoms with Crippen molar-refractivity contribution in [3.63, 3.8) is 0 Å². The maximum absolute atomic E-state index is 5.74. The minimum Gasteiger partial charge on any atom is -0.328 e. The monoisotopic (exact) mass is 196 g/mol. The summed E-state index contributed by atoms with van der Waals surface area (Å²) in [6.45, 7) is 6.01. The molecule has 2 nitrogen and oxygen atoms in total. The van der Waals surface area contributed by atoms with E-state index in [4.69, 9.17) is 5.73 Å². The summed E-state index contributed by atoms with van der Waals surface area (Å²) in [4.78, 5) is 0. The predicted molar refractivity (Wildman–Crippen MR) is 60.1 cm³/mol. The number of hydrogen-bond donors (Lipinski definition) is 2. The van der Waals surface area contributed by atoms with Crippen LogP contribution in [0.25, 0.3) is 0 Å². The Labute approximate surface area is 87.6 Å². The Bertz CT molecular complexity index is 190. The van der Waals surface area contributed by atoms with Crippen LogP contribution in [0, 0.1) is 11.3 Å². The van der Waals surface area contributed by atoms with Gasteiger partial charge in [0.25, 0.3) is 0 Å². The molecule has 0 unspecified atom stereocenters. The smallest absolute Gasteiger partial charge is 0.00965 e. The topological polar surface area (TPSA) is 38.0 Å². The molecule has 0 aromatic rings. The van der Waals surface area contributed by atoms with Crippen LogP contribution in [0.1, 0.15) is 46.0 Å². The van der Waals surface area contributed by atoms with Crippen molar-refractivity contribution in [2.45, 2.75) is 58.0 Å². The number of nitrogens with one attached hydrogen (secondary N) is 1. The molecule has 0 aliphatic heterocycles. The van der Waals surface area contributed by atoms with E-state index >= 15 is 0 Å². The first kappa shape index (κ1) is 10.4. The minimum absolute atomic E-state index is 0.476. The molecular formula is C12H24N2. The second-order valence-corrected chi connectivity index (χ2v) is 5.90. The van der Waals surface area contributed by atoms with Crippen LogP contribution in [0.15, 0.2) is 0 Å². The van der Waals surface area contributed by atoms with E-state index in [0.717, 1.165) is 12.0 Å². The summed E-state index contributed by atoms with van der Waals surface area (Å²) < 4.78 is 0. The van der Waals surface area contributed by atoms with Gasteiger partial charge in [-0.3, -0.25) is 0 Å². The quantitative estimate of drug-likeness (QED) is 0.704. The Balaban J connectivity index is 1.58. The highest BCUT2D eigenvalue weighted by Gasteiger charge is 2.37. The predicted octanol–water partition coefficient (Wildman–Crippen LogP) is 1.89. The fourth-order valence-corrected chi connectivity index (χ4v) is 2.50. The Hall–Kier alpha value is -0.0800. The maximum atomic E-state index is 5.74. The summed E-state index contributed by atoms with van der Waals surface area (Å²) in [5.74, 6) is 1.01. The van der Waals surface area contributed by atoms with Crippen LogP contribution in [0.5, 0.6) is 0 Å². The molecule has 0 bridgehead atoms. The van der Waals surface area contributed by atoms with Gasteiger partial charge >= 0.3 is 0 Å². The van der Waals surface area contributed by atoms with Crippen LogP contribution < -0.4 is 11.1 Å². The van der Waals surface area contributed by atoms with Gasteiger partial charge in [0.2, 0.25) is 0 Å². The lowest BCUT2D eigenvalue weighted by Crippen LogP contribution is -2.49. The van der Waals surface area contributed by atoms with Crippen molar-refractivity contribution in [1.82, 2.24) is 5.32 Å². The molecule has 14 heavy (non-hydrogen) atoms. The third kappa shape index (κ3) is 2.48. The van der Waals surface area contributed by atoms with Crippen molar-refractivity contribution in [2.24, 2.45) is 17.1 Å². The van der Waals surface area contributed by atoms with Gasteiger partial charge in [-0.15, -0.1) is 0 Å². The number of hydrogen-bond acceptors (Lipinski definition) is 2. The molecule has 2 heteroatoms. The lowest BCUT2D eigenvalue weighted by molar-refractivity contribution is 0.243. The molecule has 3 N–H and O–H groups in total. The Morgan fingerprint density at radius 3 is 2.43 bits per heavy atom. The highest BCUT2D eigenvalue weighted by molar-refractivity contribution is 4.90. The van der Waals surface area contributed by atoms with Crippen LogP contribution in [0.2, 0.25) is 0 Å². The van der Waals surface area contributed by atoms with Crippen LogP contribution in [0.3, 0.4) is 0 Å². The molecule has 0 atom stereocenters. The molecule has 0 aromatic heterocycles. The third-order valence-electron chi connectivity index (χ3n) is 4.06. The molecule has 0 saturated heterocycles. The van der Waals surface area contributed by atoms with Gasteiger partial charge < -0.3 is 11.1 Å². The van der Waals surface area contributed by atoms with Crippen LogP contribution >= 0.6 is 0 Å². The summed E-state index contributed by atoms with van der Waals surface area (Å²) in [7, 11) is 0. The van der Waals surface area contributed by atoms with Crippen molar-refractivity contribution in [3.8, 4) is 0 Å². The van der Waals surface area contributed by atoms with E-state index in [0.29, 0.717) is 11.5 Å². The molecule has 2 aliphatic rings. The van der Waals surface area contributed by atoms with E-state index in [2.05, 4.69) is 19.2 Å². The summed E-state index contributed by atoms with van der Waals surface area (Å²) in [6.07, 6.45) is 6.61. The molecule has 0 amide bonds. The van der Waals surface area contributed by atoms with Gasteiger partial charge in [0, 0.05) is 12.1 Å². The fraction of sp³-hybridized carbons (Fsp3) is 1.00. The SMILES string of the molecule is CC(C)(CCNC1CC(N)C1)C1CC1. The zero-order valence-electron chi connectivity index (χ0n) is 9.55. The Morgan fingerprint density at radius 1 is 1.29 bits per heavy atom. The van der Waals surface area contributed by atoms with Crippen molar-refractivity contribution < 1.29 is 0 Å². The zero-order chi connectivity index (χ0) is 10.2. The summed E-state index contributed by atoms with van der Waals surface area (Å²) in [5.41, 5.74) is 6.31. The van der Waals surface area contributed by atoms with Gasteiger partial charge in [-0.05, 0) is 50.0 Å². The van der Waals surface area contributed by atoms with Crippen molar-refractivity contribution in [3.05, 3.63) is 0 Å². The lowest BCUT2D eigenvalue weighted by Gasteiger charge is -2.34. The molecule has 2 saturated carbocycles. The minimum atomic E-state index is 0.476. The van der Waals surface area contributed by atoms with E-state index in [9.17, 15) is 0 Å². The second kappa shape index (κ2) is 3.82. The van der Waals surface area contributed by atoms with Crippen molar-refractivity contribution in [2.75, 3.05) is 6.54 Å². The van der Waals surface area contributed by atoms with E-state index in [1.807, 2.05) is 0 Å². The van der Waals surface area contributed by atoms with Gasteiger partial charge in [0.05, 0.1) is 0 Å². The maximum Gasteiger partial charge on any atom is 0.00965 e. The third-order valence-corrected chi connectivity index (χ3v) is 4.06. The number of nitrogens with two attached hydrogens (primary N) is 1. The van der Waals surface area contributed by atoms with Gasteiger partial charge in [-0.1, -0.05) is 13.8 Å². The average molecular weight is 196 g/mol. The Morgan fingerprint density at radius 2 is 1.93 bits per heavy atom. The molecule has 2 rings (SSSR count). The molecule has 0 heterocycles. The zero-order valence-corrected chi connectivity index (χ0v) is 9.55. The van der Waals surface area contributed by atoms with Crippen LogP contribution in [-0.2, 0) is 0 Å². The molecule has 0 spiro atoms. The van der Waals surface area contributed by atoms with Crippen molar-refractivity contribution in [1.29, 1.82) is 0 Å². The molecule has 82 valence electrons. The molecule has 2 aliphatic carbocycles. The second-order valence-electron chi connectivity index (χ2n) is 5.90. The van der Waals surface area contributed by atoms with Gasteiger partial charge in [0.15, 0.2) is 0 Å². The highest BCUT2D eigenvalue weighted by Crippen LogP contribution is 2.46.